The molecule has 0 saturated heterocycles. The smallest absolute Gasteiger partial charge is 0.191 e. The number of aryl methyl sites for hydroxylation is 2. The van der Waals surface area contributed by atoms with Crippen LogP contribution in [-0.2, 0) is 19.2 Å². The van der Waals surface area contributed by atoms with Gasteiger partial charge in [0.1, 0.15) is 11.6 Å². The zero-order chi connectivity index (χ0) is 20.1. The molecule has 2 heterocycles. The summed E-state index contributed by atoms with van der Waals surface area (Å²) in [5.41, 5.74) is 2.92. The van der Waals surface area contributed by atoms with Crippen LogP contribution in [0.2, 0.25) is 0 Å². The molecular formula is C21H27N5NoOS-2. The van der Waals surface area contributed by atoms with Crippen LogP contribution in [0.25, 0.3) is 11.2 Å². The van der Waals surface area contributed by atoms with Gasteiger partial charge in [0.05, 0.1) is 7.11 Å². The Bertz CT molecular complexity index is 929. The fraction of sp³-hybridized carbons (Fsp3) is 0.381. The maximum Gasteiger partial charge on any atom is 0.191 e. The zero-order valence-corrected chi connectivity index (χ0v) is 20.3. The second-order valence-corrected chi connectivity index (χ2v) is 7.38. The van der Waals surface area contributed by atoms with Crippen LogP contribution in [0.3, 0.4) is 0 Å². The first kappa shape index (κ1) is 22.0. The van der Waals surface area contributed by atoms with Crippen LogP contribution in [0.5, 0.6) is 5.75 Å². The summed E-state index contributed by atoms with van der Waals surface area (Å²) in [5.74, 6) is 3.51. The van der Waals surface area contributed by atoms with Crippen molar-refractivity contribution in [1.29, 1.82) is 0 Å². The molecule has 0 spiro atoms. The quantitative estimate of drug-likeness (QED) is 0.197. The van der Waals surface area contributed by atoms with Crippen LogP contribution in [-0.4, -0.2) is 39.7 Å². The summed E-state index contributed by atoms with van der Waals surface area (Å²) < 4.78 is 7.29. The Hall–Kier alpha value is -3.28. The van der Waals surface area contributed by atoms with Crippen molar-refractivity contribution in [2.75, 3.05) is 25.1 Å². The predicted octanol–water partition coefficient (Wildman–Crippen LogP) is 4.09. The fourth-order valence-electron chi connectivity index (χ4n) is 3.05. The molecule has 29 heavy (non-hydrogen) atoms. The molecule has 1 aromatic carbocycles. The molecule has 0 amide bonds. The standard InChI is InChI=1S/C21H27N5OS.No/c1-6-13-26(8-3)20-18-19(25(4)17(7-2)22-18)23-21(24-20)28-14-15-9-11-16(27-5)12-10-15;/h6,9-12H,3,7-8,13-14H2,1-2,4-5H3;/q-2;. The Kier molecular flexibility index (Phi) is 7.42. The SMILES string of the molecule is [CH2-]CN(C[CH-]C)c1nc(SCc2ccc(OC)cc2)nc2c1nc(CC)n2C.[No]. The van der Waals surface area contributed by atoms with E-state index in [1.54, 1.807) is 18.9 Å². The summed E-state index contributed by atoms with van der Waals surface area (Å²) in [5, 5.41) is 0.749. The predicted molar refractivity (Wildman–Crippen MR) is 116 cm³/mol. The van der Waals surface area contributed by atoms with E-state index in [0.29, 0.717) is 6.54 Å². The van der Waals surface area contributed by atoms with Crippen LogP contribution < -0.4 is 9.64 Å². The minimum absolute atomic E-state index is 0. The van der Waals surface area contributed by atoms with Gasteiger partial charge in [0.25, 0.3) is 0 Å². The first-order chi connectivity index (χ1) is 13.6. The van der Waals surface area contributed by atoms with Crippen molar-refractivity contribution < 1.29 is 4.74 Å². The second kappa shape index (κ2) is 9.78. The first-order valence-electron chi connectivity index (χ1n) is 9.42. The Morgan fingerprint density at radius 3 is 2.52 bits per heavy atom. The van der Waals surface area contributed by atoms with Crippen LogP contribution >= 0.6 is 11.8 Å². The summed E-state index contributed by atoms with van der Waals surface area (Å²) in [6, 6.07) is 8.08. The van der Waals surface area contributed by atoms with Crippen LogP contribution in [0.1, 0.15) is 25.2 Å². The molecule has 3 aromatic rings. The zero-order valence-electron chi connectivity index (χ0n) is 17.2. The van der Waals surface area contributed by atoms with Gasteiger partial charge in [0.15, 0.2) is 22.1 Å². The summed E-state index contributed by atoms with van der Waals surface area (Å²) in [6.07, 6.45) is 2.96. The van der Waals surface area contributed by atoms with E-state index in [4.69, 9.17) is 19.7 Å². The molecule has 0 aliphatic rings. The number of thioether (sulfide) groups is 1. The van der Waals surface area contributed by atoms with Gasteiger partial charge < -0.3 is 27.5 Å². The van der Waals surface area contributed by atoms with Gasteiger partial charge in [-0.05, 0) is 17.7 Å². The average Bonchev–Trinajstić information content (AvgIpc) is 3.06. The number of ether oxygens (including phenoxy) is 1. The number of aromatic nitrogens is 4. The van der Waals surface area contributed by atoms with Crippen LogP contribution in [0.15, 0.2) is 29.4 Å². The number of anilines is 1. The van der Waals surface area contributed by atoms with E-state index in [1.165, 1.54) is 5.56 Å². The van der Waals surface area contributed by atoms with E-state index >= 15 is 0 Å². The monoisotopic (exact) mass is 656 g/mol. The summed E-state index contributed by atoms with van der Waals surface area (Å²) in [4.78, 5) is 16.6. The largest absolute Gasteiger partial charge is 0.497 e. The van der Waals surface area contributed by atoms with Crippen molar-refractivity contribution in [3.05, 3.63) is 49.0 Å². The minimum atomic E-state index is 0. The van der Waals surface area contributed by atoms with E-state index in [-0.39, 0.29) is 0 Å². The van der Waals surface area contributed by atoms with Gasteiger partial charge in [-0.2, -0.15) is 6.92 Å². The number of fused-ring (bicyclic) bond motifs is 1. The molecule has 164 valence electrons. The summed E-state index contributed by atoms with van der Waals surface area (Å²) in [7, 11) is 3.69. The molecule has 0 bridgehead atoms. The van der Waals surface area contributed by atoms with E-state index in [9.17, 15) is 0 Å². The second-order valence-electron chi connectivity index (χ2n) is 6.43. The van der Waals surface area contributed by atoms with E-state index in [1.807, 2.05) is 26.1 Å². The molecule has 0 aliphatic heterocycles. The third kappa shape index (κ3) is 4.59. The third-order valence-electron chi connectivity index (χ3n) is 4.59. The molecule has 0 unspecified atom stereocenters. The van der Waals surface area contributed by atoms with E-state index < -0.39 is 0 Å². The number of hydrogen-bond donors (Lipinski definition) is 0. The molecule has 0 saturated carbocycles. The van der Waals surface area contributed by atoms with Gasteiger partial charge in [0, 0.05) is 19.2 Å². The third-order valence-corrected chi connectivity index (χ3v) is 5.51. The van der Waals surface area contributed by atoms with Gasteiger partial charge in [-0.25, -0.2) is 15.0 Å². The molecule has 8 heteroatoms. The van der Waals surface area contributed by atoms with Gasteiger partial charge in [-0.1, -0.05) is 30.8 Å². The van der Waals surface area contributed by atoms with Gasteiger partial charge in [-0.3, -0.25) is 0 Å². The van der Waals surface area contributed by atoms with Crippen molar-refractivity contribution in [3.8, 4) is 5.75 Å². The fourth-order valence-corrected chi connectivity index (χ4v) is 3.84. The molecule has 0 aliphatic carbocycles. The maximum absolute atomic E-state index is 5.23. The summed E-state index contributed by atoms with van der Waals surface area (Å²) in [6.45, 7) is 9.61. The topological polar surface area (TPSA) is 56.1 Å². The van der Waals surface area contributed by atoms with Crippen LogP contribution in [0, 0.1) is 13.3 Å². The molecule has 0 fully saturated rings. The van der Waals surface area contributed by atoms with Gasteiger partial charge in [0.2, 0.25) is 0 Å². The van der Waals surface area contributed by atoms with Gasteiger partial charge >= 0.3 is 0 Å². The number of benzene rings is 1. The Labute approximate surface area is 171 Å². The number of nitrogens with zero attached hydrogens (tertiary/aromatic N) is 5. The molecule has 3 rings (SSSR count). The maximum atomic E-state index is 5.23. The average molecular weight is 657 g/mol. The molecular weight excluding hydrogens is 629 g/mol. The minimum Gasteiger partial charge on any atom is -0.497 e. The van der Waals surface area contributed by atoms with Crippen LogP contribution in [0.4, 0.5) is 5.82 Å². The van der Waals surface area contributed by atoms with Gasteiger partial charge in [-0.15, -0.1) is 13.1 Å². The number of rotatable bonds is 9. The van der Waals surface area contributed by atoms with E-state index in [0.717, 1.165) is 52.4 Å². The molecule has 6 nitrogen and oxygen atoms in total. The first-order valence-corrected chi connectivity index (χ1v) is 10.4. The number of hydrogen-bond acceptors (Lipinski definition) is 6. The van der Waals surface area contributed by atoms with E-state index in [2.05, 4.69) is 41.9 Å². The molecule has 0 atom stereocenters. The molecule has 0 N–H and O–H groups in total. The summed E-state index contributed by atoms with van der Waals surface area (Å²) >= 11 is 1.63. The molecule has 2 aromatic heterocycles. The van der Waals surface area contributed by atoms with Crippen molar-refractivity contribution >= 4 is 28.7 Å². The normalized spacial score (nSPS) is 10.8. The van der Waals surface area contributed by atoms with Crippen molar-refractivity contribution in [2.45, 2.75) is 31.2 Å². The Balaban J connectivity index is 0.00000300. The van der Waals surface area contributed by atoms with Crippen molar-refractivity contribution in [3.63, 3.8) is 0 Å². The number of imidazole rings is 1. The Morgan fingerprint density at radius 1 is 1.21 bits per heavy atom. The van der Waals surface area contributed by atoms with Crippen molar-refractivity contribution in [2.24, 2.45) is 7.05 Å². The molecule has 0 radical (unpaired) electrons. The Morgan fingerprint density at radius 2 is 1.93 bits per heavy atom. The van der Waals surface area contributed by atoms with Crippen molar-refractivity contribution in [1.82, 2.24) is 19.5 Å². The number of methoxy groups -OCH3 is 1.